The van der Waals surface area contributed by atoms with Gasteiger partial charge in [0.25, 0.3) is 0 Å². The quantitative estimate of drug-likeness (QED) is 0.844. The van der Waals surface area contributed by atoms with Crippen LogP contribution in [0.15, 0.2) is 23.1 Å². The second kappa shape index (κ2) is 6.76. The Morgan fingerprint density at radius 3 is 2.43 bits per heavy atom. The topological polar surface area (TPSA) is 66.4 Å². The van der Waals surface area contributed by atoms with Gasteiger partial charge in [-0.25, -0.2) is 13.1 Å². The van der Waals surface area contributed by atoms with E-state index in [0.29, 0.717) is 6.42 Å². The van der Waals surface area contributed by atoms with Crippen LogP contribution in [0.3, 0.4) is 0 Å². The van der Waals surface area contributed by atoms with Gasteiger partial charge in [-0.3, -0.25) is 0 Å². The number of rotatable bonds is 6. The highest BCUT2D eigenvalue weighted by Gasteiger charge is 2.34. The van der Waals surface area contributed by atoms with E-state index in [1.54, 1.807) is 6.92 Å². The lowest BCUT2D eigenvalue weighted by molar-refractivity contribution is -0.138. The van der Waals surface area contributed by atoms with Crippen molar-refractivity contribution in [1.29, 1.82) is 0 Å². The number of aliphatic hydroxyl groups excluding tert-OH is 1. The van der Waals surface area contributed by atoms with Crippen LogP contribution in [-0.2, 0) is 16.2 Å². The maximum absolute atomic E-state index is 12.8. The molecule has 0 aliphatic carbocycles. The Morgan fingerprint density at radius 2 is 1.95 bits per heavy atom. The molecule has 0 amide bonds. The highest BCUT2D eigenvalue weighted by molar-refractivity contribution is 7.89. The predicted octanol–water partition coefficient (Wildman–Crippen LogP) is 2.45. The zero-order valence-electron chi connectivity index (χ0n) is 11.7. The normalized spacial score (nSPS) is 14.2. The minimum Gasteiger partial charge on any atom is -0.396 e. The van der Waals surface area contributed by atoms with E-state index in [4.69, 9.17) is 5.11 Å². The van der Waals surface area contributed by atoms with E-state index in [2.05, 4.69) is 4.72 Å². The molecule has 0 aromatic heterocycles. The molecule has 4 nitrogen and oxygen atoms in total. The third-order valence-electron chi connectivity index (χ3n) is 3.17. The molecule has 1 aromatic carbocycles. The first-order valence-corrected chi connectivity index (χ1v) is 7.91. The van der Waals surface area contributed by atoms with Gasteiger partial charge in [0.2, 0.25) is 10.0 Å². The summed E-state index contributed by atoms with van der Waals surface area (Å²) < 4.78 is 65.2. The molecular weight excluding hydrogens is 307 g/mol. The van der Waals surface area contributed by atoms with Crippen molar-refractivity contribution < 1.29 is 26.7 Å². The summed E-state index contributed by atoms with van der Waals surface area (Å²) in [6, 6.07) is 2.53. The fraction of sp³-hybridized carbons (Fsp3) is 0.538. The van der Waals surface area contributed by atoms with Gasteiger partial charge in [-0.05, 0) is 37.5 Å². The highest BCUT2D eigenvalue weighted by Crippen LogP contribution is 2.34. The Hall–Kier alpha value is -1.12. The summed E-state index contributed by atoms with van der Waals surface area (Å²) in [5.41, 5.74) is -1.31. The number of benzene rings is 1. The standard InChI is InChI=1S/C13H18F3NO3S/c1-3-10(7-8-18)17-21(19,20)12-6-4-5-11(9(12)2)13(14,15)16/h4-6,10,17-18H,3,7-8H2,1-2H3. The van der Waals surface area contributed by atoms with Crippen LogP contribution in [-0.4, -0.2) is 26.2 Å². The summed E-state index contributed by atoms with van der Waals surface area (Å²) in [5.74, 6) is 0. The molecule has 1 aromatic rings. The summed E-state index contributed by atoms with van der Waals surface area (Å²) in [6.45, 7) is 2.65. The minimum atomic E-state index is -4.61. The van der Waals surface area contributed by atoms with E-state index in [1.807, 2.05) is 0 Å². The van der Waals surface area contributed by atoms with Crippen LogP contribution in [0.4, 0.5) is 13.2 Å². The van der Waals surface area contributed by atoms with Crippen LogP contribution in [0, 0.1) is 6.92 Å². The van der Waals surface area contributed by atoms with E-state index in [1.165, 1.54) is 0 Å². The molecule has 0 saturated carbocycles. The van der Waals surface area contributed by atoms with Gasteiger partial charge in [0.15, 0.2) is 0 Å². The van der Waals surface area contributed by atoms with Gasteiger partial charge < -0.3 is 5.11 Å². The van der Waals surface area contributed by atoms with E-state index in [9.17, 15) is 21.6 Å². The summed E-state index contributed by atoms with van der Waals surface area (Å²) in [4.78, 5) is -0.395. The number of halogens is 3. The van der Waals surface area contributed by atoms with Crippen LogP contribution in [0.2, 0.25) is 0 Å². The number of alkyl halides is 3. The van der Waals surface area contributed by atoms with Crippen molar-refractivity contribution in [1.82, 2.24) is 4.72 Å². The maximum atomic E-state index is 12.8. The molecule has 0 fully saturated rings. The molecule has 0 aliphatic rings. The molecule has 0 heterocycles. The molecule has 8 heteroatoms. The van der Waals surface area contributed by atoms with Crippen molar-refractivity contribution >= 4 is 10.0 Å². The molecule has 120 valence electrons. The average molecular weight is 325 g/mol. The van der Waals surface area contributed by atoms with Gasteiger partial charge in [-0.1, -0.05) is 13.0 Å². The van der Waals surface area contributed by atoms with Crippen LogP contribution < -0.4 is 4.72 Å². The van der Waals surface area contributed by atoms with E-state index >= 15 is 0 Å². The summed E-state index contributed by atoms with van der Waals surface area (Å²) in [6.07, 6.45) is -3.98. The highest BCUT2D eigenvalue weighted by atomic mass is 32.2. The van der Waals surface area contributed by atoms with E-state index in [0.717, 1.165) is 25.1 Å². The van der Waals surface area contributed by atoms with Crippen molar-refractivity contribution in [2.45, 2.75) is 43.8 Å². The largest absolute Gasteiger partial charge is 0.416 e. The van der Waals surface area contributed by atoms with Gasteiger partial charge >= 0.3 is 6.18 Å². The van der Waals surface area contributed by atoms with Gasteiger partial charge in [0, 0.05) is 12.6 Å². The maximum Gasteiger partial charge on any atom is 0.416 e. The zero-order chi connectivity index (χ0) is 16.3. The summed E-state index contributed by atoms with van der Waals surface area (Å²) in [7, 11) is -4.07. The molecule has 1 unspecified atom stereocenters. The summed E-state index contributed by atoms with van der Waals surface area (Å²) >= 11 is 0. The Kier molecular flexibility index (Phi) is 5.77. The van der Waals surface area contributed by atoms with Crippen molar-refractivity contribution in [3.8, 4) is 0 Å². The van der Waals surface area contributed by atoms with Crippen molar-refractivity contribution in [3.63, 3.8) is 0 Å². The van der Waals surface area contributed by atoms with Gasteiger partial charge in [-0.15, -0.1) is 0 Å². The van der Waals surface area contributed by atoms with Crippen molar-refractivity contribution in [2.75, 3.05) is 6.61 Å². The molecule has 0 spiro atoms. The van der Waals surface area contributed by atoms with Gasteiger partial charge in [-0.2, -0.15) is 13.2 Å². The first-order valence-electron chi connectivity index (χ1n) is 6.43. The Labute approximate surface area is 122 Å². The van der Waals surface area contributed by atoms with Crippen LogP contribution in [0.25, 0.3) is 0 Å². The molecule has 21 heavy (non-hydrogen) atoms. The van der Waals surface area contributed by atoms with Crippen molar-refractivity contribution in [2.24, 2.45) is 0 Å². The number of aliphatic hydroxyl groups is 1. The molecular formula is C13H18F3NO3S. The zero-order valence-corrected chi connectivity index (χ0v) is 12.6. The fourth-order valence-corrected chi connectivity index (χ4v) is 3.62. The molecule has 0 bridgehead atoms. The van der Waals surface area contributed by atoms with Crippen molar-refractivity contribution in [3.05, 3.63) is 29.3 Å². The SMILES string of the molecule is CCC(CCO)NS(=O)(=O)c1cccc(C(F)(F)F)c1C. The average Bonchev–Trinajstić information content (AvgIpc) is 2.36. The fourth-order valence-electron chi connectivity index (χ4n) is 2.00. The number of sulfonamides is 1. The molecule has 0 saturated heterocycles. The third kappa shape index (κ3) is 4.42. The molecule has 2 N–H and O–H groups in total. The molecule has 1 atom stereocenters. The second-order valence-electron chi connectivity index (χ2n) is 4.67. The smallest absolute Gasteiger partial charge is 0.396 e. The number of hydrogen-bond donors (Lipinski definition) is 2. The van der Waals surface area contributed by atoms with E-state index < -0.39 is 32.7 Å². The molecule has 0 aliphatic heterocycles. The van der Waals surface area contributed by atoms with Crippen LogP contribution >= 0.6 is 0 Å². The Morgan fingerprint density at radius 1 is 1.33 bits per heavy atom. The first-order chi connectivity index (χ1) is 9.63. The van der Waals surface area contributed by atoms with Crippen LogP contribution in [0.1, 0.15) is 30.9 Å². The van der Waals surface area contributed by atoms with Crippen LogP contribution in [0.5, 0.6) is 0 Å². The monoisotopic (exact) mass is 325 g/mol. The second-order valence-corrected chi connectivity index (χ2v) is 6.35. The molecule has 1 rings (SSSR count). The lowest BCUT2D eigenvalue weighted by Crippen LogP contribution is -2.35. The Balaban J connectivity index is 3.21. The van der Waals surface area contributed by atoms with E-state index in [-0.39, 0.29) is 18.6 Å². The Bertz CT molecular complexity index is 585. The predicted molar refractivity (Wildman–Crippen MR) is 72.3 cm³/mol. The number of nitrogens with one attached hydrogen (secondary N) is 1. The third-order valence-corrected chi connectivity index (χ3v) is 4.84. The first kappa shape index (κ1) is 17.9. The number of hydrogen-bond acceptors (Lipinski definition) is 3. The lowest BCUT2D eigenvalue weighted by atomic mass is 10.1. The summed E-state index contributed by atoms with van der Waals surface area (Å²) in [5, 5.41) is 8.86. The minimum absolute atomic E-state index is 0.202. The molecule has 0 radical (unpaired) electrons. The van der Waals surface area contributed by atoms with Gasteiger partial charge in [0.05, 0.1) is 10.5 Å². The van der Waals surface area contributed by atoms with Gasteiger partial charge in [0.1, 0.15) is 0 Å². The lowest BCUT2D eigenvalue weighted by Gasteiger charge is -2.18.